The van der Waals surface area contributed by atoms with Gasteiger partial charge in [0.05, 0.1) is 12.6 Å². The number of nitrogens with zero attached hydrogens (tertiary/aromatic N) is 2. The number of hydrogen-bond acceptors (Lipinski definition) is 4. The van der Waals surface area contributed by atoms with E-state index in [1.54, 1.807) is 11.1 Å². The third kappa shape index (κ3) is 3.39. The summed E-state index contributed by atoms with van der Waals surface area (Å²) in [4.78, 5) is 18.6. The monoisotopic (exact) mass is 239 g/mol. The van der Waals surface area contributed by atoms with Crippen LogP contribution in [0.15, 0.2) is 24.3 Å². The van der Waals surface area contributed by atoms with Crippen LogP contribution in [0.3, 0.4) is 0 Å². The first-order chi connectivity index (χ1) is 7.97. The molecule has 1 rings (SSSR count). The zero-order chi connectivity index (χ0) is 13.0. The molecule has 0 aromatic heterocycles. The van der Waals surface area contributed by atoms with Crippen molar-refractivity contribution in [1.82, 2.24) is 9.96 Å². The first-order valence-corrected chi connectivity index (χ1v) is 5.62. The predicted molar refractivity (Wildman–Crippen MR) is 67.1 cm³/mol. The molecule has 0 fully saturated rings. The molecular formula is C12H21N3O2. The van der Waals surface area contributed by atoms with Crippen LogP contribution in [-0.4, -0.2) is 55.2 Å². The number of nitrogens with two attached hydrogens (primary N) is 1. The summed E-state index contributed by atoms with van der Waals surface area (Å²) < 4.78 is 0. The number of hydroxylamine groups is 2. The summed E-state index contributed by atoms with van der Waals surface area (Å²) in [5.41, 5.74) is 6.43. The molecule has 2 atom stereocenters. The smallest absolute Gasteiger partial charge is 0.238 e. The lowest BCUT2D eigenvalue weighted by Crippen LogP contribution is -2.52. The number of amides is 1. The van der Waals surface area contributed by atoms with Crippen molar-refractivity contribution in [2.75, 3.05) is 27.2 Å². The average Bonchev–Trinajstić information content (AvgIpc) is 2.28. The van der Waals surface area contributed by atoms with Gasteiger partial charge in [-0.2, -0.15) is 5.06 Å². The fourth-order valence-electron chi connectivity index (χ4n) is 1.98. The van der Waals surface area contributed by atoms with Gasteiger partial charge in [-0.3, -0.25) is 14.5 Å². The molecule has 0 unspecified atom stereocenters. The molecule has 2 N–H and O–H groups in total. The maximum absolute atomic E-state index is 11.2. The summed E-state index contributed by atoms with van der Waals surface area (Å²) in [5, 5.41) is 1.79. The second-order valence-corrected chi connectivity index (χ2v) is 4.34. The van der Waals surface area contributed by atoms with Gasteiger partial charge in [-0.05, 0) is 14.0 Å². The van der Waals surface area contributed by atoms with E-state index >= 15 is 0 Å². The lowest BCUT2D eigenvalue weighted by atomic mass is 9.99. The Hall–Kier alpha value is -1.17. The van der Waals surface area contributed by atoms with Gasteiger partial charge in [0.15, 0.2) is 0 Å². The standard InChI is InChI=1S/C12H21N3O2/c1-5-6-17-15(4)11-8-14(3)10(12(13)16)7-9(11)2/h5,7,10-11H,1,6,8H2,2-4H3,(H2,13,16)/t10-,11-/m0/s1. The maximum Gasteiger partial charge on any atom is 0.238 e. The minimum absolute atomic E-state index is 0.135. The van der Waals surface area contributed by atoms with E-state index in [0.717, 1.165) is 5.57 Å². The summed E-state index contributed by atoms with van der Waals surface area (Å²) in [6.45, 7) is 6.78. The molecule has 1 aliphatic rings. The molecular weight excluding hydrogens is 218 g/mol. The van der Waals surface area contributed by atoms with Crippen molar-refractivity contribution in [2.24, 2.45) is 5.73 Å². The van der Waals surface area contributed by atoms with Gasteiger partial charge in [-0.25, -0.2) is 0 Å². The Kier molecular flexibility index (Phi) is 4.86. The lowest BCUT2D eigenvalue weighted by Gasteiger charge is -2.37. The third-order valence-corrected chi connectivity index (χ3v) is 3.01. The number of likely N-dealkylation sites (N-methyl/N-ethyl adjacent to an activating group) is 2. The molecule has 96 valence electrons. The molecule has 1 amide bonds. The van der Waals surface area contributed by atoms with E-state index in [9.17, 15) is 4.79 Å². The fraction of sp³-hybridized carbons (Fsp3) is 0.583. The zero-order valence-electron chi connectivity index (χ0n) is 10.7. The Balaban J connectivity index is 2.74. The van der Waals surface area contributed by atoms with Crippen LogP contribution in [0.2, 0.25) is 0 Å². The van der Waals surface area contributed by atoms with E-state index in [-0.39, 0.29) is 18.0 Å². The first kappa shape index (κ1) is 13.9. The molecule has 0 saturated carbocycles. The van der Waals surface area contributed by atoms with Crippen molar-refractivity contribution in [1.29, 1.82) is 0 Å². The van der Waals surface area contributed by atoms with Crippen molar-refractivity contribution in [3.63, 3.8) is 0 Å². The molecule has 0 aromatic carbocycles. The molecule has 0 saturated heterocycles. The van der Waals surface area contributed by atoms with E-state index < -0.39 is 0 Å². The average molecular weight is 239 g/mol. The van der Waals surface area contributed by atoms with Crippen LogP contribution in [0.1, 0.15) is 6.92 Å². The molecule has 5 nitrogen and oxygen atoms in total. The highest BCUT2D eigenvalue weighted by molar-refractivity contribution is 5.82. The highest BCUT2D eigenvalue weighted by atomic mass is 16.7. The summed E-state index contributed by atoms with van der Waals surface area (Å²) in [6.07, 6.45) is 3.60. The quantitative estimate of drug-likeness (QED) is 0.548. The predicted octanol–water partition coefficient (Wildman–Crippen LogP) is 0.150. The number of primary amides is 1. The normalized spacial score (nSPS) is 25.8. The van der Waals surface area contributed by atoms with Crippen molar-refractivity contribution >= 4 is 5.91 Å². The van der Waals surface area contributed by atoms with Gasteiger partial charge in [-0.15, -0.1) is 6.58 Å². The zero-order valence-corrected chi connectivity index (χ0v) is 10.7. The largest absolute Gasteiger partial charge is 0.368 e. The van der Waals surface area contributed by atoms with Gasteiger partial charge >= 0.3 is 0 Å². The molecule has 17 heavy (non-hydrogen) atoms. The highest BCUT2D eigenvalue weighted by Gasteiger charge is 2.30. The molecule has 0 bridgehead atoms. The van der Waals surface area contributed by atoms with E-state index in [0.29, 0.717) is 13.2 Å². The molecule has 0 radical (unpaired) electrons. The van der Waals surface area contributed by atoms with Crippen LogP contribution >= 0.6 is 0 Å². The number of rotatable bonds is 5. The highest BCUT2D eigenvalue weighted by Crippen LogP contribution is 2.19. The van der Waals surface area contributed by atoms with Crippen LogP contribution < -0.4 is 5.73 Å². The summed E-state index contributed by atoms with van der Waals surface area (Å²) >= 11 is 0. The number of carbonyl (C=O) groups excluding carboxylic acids is 1. The van der Waals surface area contributed by atoms with Crippen molar-refractivity contribution in [2.45, 2.75) is 19.0 Å². The van der Waals surface area contributed by atoms with Crippen molar-refractivity contribution < 1.29 is 9.63 Å². The lowest BCUT2D eigenvalue weighted by molar-refractivity contribution is -0.155. The summed E-state index contributed by atoms with van der Waals surface area (Å²) in [7, 11) is 3.76. The Morgan fingerprint density at radius 3 is 3.00 bits per heavy atom. The van der Waals surface area contributed by atoms with Crippen molar-refractivity contribution in [3.8, 4) is 0 Å². The summed E-state index contributed by atoms with van der Waals surface area (Å²) in [6, 6.07) is -0.186. The molecule has 0 spiro atoms. The molecule has 5 heteroatoms. The fourth-order valence-corrected chi connectivity index (χ4v) is 1.98. The number of hydrogen-bond donors (Lipinski definition) is 1. The van der Waals surface area contributed by atoms with Crippen LogP contribution in [0.5, 0.6) is 0 Å². The van der Waals surface area contributed by atoms with E-state index in [2.05, 4.69) is 6.58 Å². The Morgan fingerprint density at radius 1 is 1.82 bits per heavy atom. The Bertz CT molecular complexity index is 328. The molecule has 1 heterocycles. The maximum atomic E-state index is 11.2. The Morgan fingerprint density at radius 2 is 2.47 bits per heavy atom. The van der Waals surface area contributed by atoms with Gasteiger partial charge in [0.2, 0.25) is 5.91 Å². The Labute approximate surface area is 102 Å². The van der Waals surface area contributed by atoms with Gasteiger partial charge in [-0.1, -0.05) is 17.7 Å². The minimum Gasteiger partial charge on any atom is -0.368 e. The SMILES string of the molecule is C=CCON(C)[C@H]1CN(C)[C@H](C(N)=O)C=C1C. The third-order valence-electron chi connectivity index (χ3n) is 3.01. The first-order valence-electron chi connectivity index (χ1n) is 5.62. The second kappa shape index (κ2) is 5.95. The van der Waals surface area contributed by atoms with Crippen LogP contribution in [-0.2, 0) is 9.63 Å². The van der Waals surface area contributed by atoms with E-state index in [1.165, 1.54) is 0 Å². The topological polar surface area (TPSA) is 58.8 Å². The van der Waals surface area contributed by atoms with E-state index in [4.69, 9.17) is 10.6 Å². The van der Waals surface area contributed by atoms with Crippen LogP contribution in [0, 0.1) is 0 Å². The van der Waals surface area contributed by atoms with Gasteiger partial charge < -0.3 is 5.73 Å². The van der Waals surface area contributed by atoms with Gasteiger partial charge in [0.1, 0.15) is 6.04 Å². The number of carbonyl (C=O) groups is 1. The molecule has 0 aliphatic carbocycles. The summed E-state index contributed by atoms with van der Waals surface area (Å²) in [5.74, 6) is -0.319. The van der Waals surface area contributed by atoms with Crippen molar-refractivity contribution in [3.05, 3.63) is 24.3 Å². The van der Waals surface area contributed by atoms with Crippen LogP contribution in [0.25, 0.3) is 0 Å². The second-order valence-electron chi connectivity index (χ2n) is 4.34. The van der Waals surface area contributed by atoms with Crippen LogP contribution in [0.4, 0.5) is 0 Å². The van der Waals surface area contributed by atoms with Gasteiger partial charge in [0.25, 0.3) is 0 Å². The molecule has 0 aromatic rings. The minimum atomic E-state index is -0.320. The van der Waals surface area contributed by atoms with Gasteiger partial charge in [0, 0.05) is 13.6 Å². The molecule has 1 aliphatic heterocycles. The van der Waals surface area contributed by atoms with E-state index in [1.807, 2.05) is 32.0 Å².